The molecule has 3 rings (SSSR count). The molecule has 2 aromatic rings. The molecule has 1 aromatic carbocycles. The molecule has 0 aliphatic heterocycles. The fraction of sp³-hybridized carbons (Fsp3) is 0.440. The van der Waals surface area contributed by atoms with Crippen molar-refractivity contribution >= 4 is 29.1 Å². The average Bonchev–Trinajstić information content (AvgIpc) is 2.83. The van der Waals surface area contributed by atoms with Crippen molar-refractivity contribution in [3.05, 3.63) is 58.6 Å². The van der Waals surface area contributed by atoms with Crippen LogP contribution >= 0.6 is 11.6 Å². The fourth-order valence-corrected chi connectivity index (χ4v) is 4.21. The molecular formula is C25H27ClFNO5. The van der Waals surface area contributed by atoms with Crippen molar-refractivity contribution in [2.45, 2.75) is 44.9 Å². The van der Waals surface area contributed by atoms with Crippen LogP contribution < -0.4 is 4.74 Å². The molecule has 1 heterocycles. The number of hydrogen-bond donors (Lipinski definition) is 0. The molecule has 0 unspecified atom stereocenters. The van der Waals surface area contributed by atoms with Crippen LogP contribution in [-0.4, -0.2) is 36.2 Å². The van der Waals surface area contributed by atoms with Crippen LogP contribution in [0.5, 0.6) is 5.75 Å². The van der Waals surface area contributed by atoms with Gasteiger partial charge >= 0.3 is 5.97 Å². The Morgan fingerprint density at radius 1 is 1.09 bits per heavy atom. The van der Waals surface area contributed by atoms with Crippen molar-refractivity contribution in [1.29, 1.82) is 0 Å². The Bertz CT molecular complexity index is 987. The van der Waals surface area contributed by atoms with Gasteiger partial charge in [-0.15, -0.1) is 0 Å². The maximum absolute atomic E-state index is 13.4. The van der Waals surface area contributed by atoms with Crippen molar-refractivity contribution in [1.82, 2.24) is 4.98 Å². The maximum Gasteiger partial charge on any atom is 0.339 e. The van der Waals surface area contributed by atoms with E-state index in [0.717, 1.165) is 32.1 Å². The van der Waals surface area contributed by atoms with E-state index < -0.39 is 11.8 Å². The first-order valence-electron chi connectivity index (χ1n) is 11.0. The fourth-order valence-electron chi connectivity index (χ4n) is 4.10. The molecule has 176 valence electrons. The number of ether oxygens (including phenoxy) is 2. The maximum atomic E-state index is 13.4. The lowest BCUT2D eigenvalue weighted by Gasteiger charge is -2.28. The summed E-state index contributed by atoms with van der Waals surface area (Å²) >= 11 is 5.64. The van der Waals surface area contributed by atoms with Crippen LogP contribution in [0.3, 0.4) is 0 Å². The van der Waals surface area contributed by atoms with Crippen molar-refractivity contribution in [2.24, 2.45) is 11.8 Å². The van der Waals surface area contributed by atoms with Crippen LogP contribution in [0.4, 0.5) is 4.39 Å². The Hall–Kier alpha value is -2.80. The molecule has 1 aliphatic rings. The minimum atomic E-state index is -0.576. The standard InChI is InChI=1S/C25H27ClFNO5/c1-32-25(31)18-7-10-23(28-14-18)24(30)11-6-16-2-4-17(5-3-16)12-19(29)15-33-20-8-9-21(26)22(27)13-20/h7-10,13-14,16-17H,2-6,11-12,15H2,1H3. The minimum Gasteiger partial charge on any atom is -0.486 e. The van der Waals surface area contributed by atoms with Crippen molar-refractivity contribution in [3.8, 4) is 5.75 Å². The number of Topliss-reactive ketones (excluding diaryl/α,β-unsaturated/α-hetero) is 2. The van der Waals surface area contributed by atoms with Gasteiger partial charge in [0.25, 0.3) is 0 Å². The van der Waals surface area contributed by atoms with Gasteiger partial charge in [0.1, 0.15) is 23.9 Å². The summed E-state index contributed by atoms with van der Waals surface area (Å²) in [6.45, 7) is -0.0860. The molecule has 33 heavy (non-hydrogen) atoms. The zero-order valence-electron chi connectivity index (χ0n) is 18.5. The molecule has 1 fully saturated rings. The number of rotatable bonds is 10. The van der Waals surface area contributed by atoms with E-state index in [0.29, 0.717) is 35.9 Å². The number of aromatic nitrogens is 1. The molecular weight excluding hydrogens is 449 g/mol. The quantitative estimate of drug-likeness (QED) is 0.335. The van der Waals surface area contributed by atoms with E-state index in [2.05, 4.69) is 9.72 Å². The Morgan fingerprint density at radius 3 is 2.45 bits per heavy atom. The second kappa shape index (κ2) is 11.9. The highest BCUT2D eigenvalue weighted by Crippen LogP contribution is 2.33. The second-order valence-electron chi connectivity index (χ2n) is 8.38. The lowest BCUT2D eigenvalue weighted by Crippen LogP contribution is -2.21. The molecule has 0 atom stereocenters. The third-order valence-electron chi connectivity index (χ3n) is 6.02. The summed E-state index contributed by atoms with van der Waals surface area (Å²) in [5.74, 6) is -0.0712. The number of ketones is 2. The van der Waals surface area contributed by atoms with E-state index in [4.69, 9.17) is 16.3 Å². The Kier molecular flexibility index (Phi) is 8.95. The summed E-state index contributed by atoms with van der Waals surface area (Å²) in [6, 6.07) is 7.20. The SMILES string of the molecule is COC(=O)c1ccc(C(=O)CCC2CCC(CC(=O)COc3ccc(Cl)c(F)c3)CC2)nc1. The summed E-state index contributed by atoms with van der Waals surface area (Å²) < 4.78 is 23.5. The topological polar surface area (TPSA) is 82.6 Å². The van der Waals surface area contributed by atoms with Gasteiger partial charge in [0.2, 0.25) is 0 Å². The normalized spacial score (nSPS) is 17.9. The number of benzene rings is 1. The van der Waals surface area contributed by atoms with Gasteiger partial charge in [0.15, 0.2) is 11.6 Å². The van der Waals surface area contributed by atoms with Crippen LogP contribution in [-0.2, 0) is 9.53 Å². The highest BCUT2D eigenvalue weighted by molar-refractivity contribution is 6.30. The molecule has 0 amide bonds. The molecule has 0 radical (unpaired) electrons. The summed E-state index contributed by atoms with van der Waals surface area (Å²) in [7, 11) is 1.30. The highest BCUT2D eigenvalue weighted by Gasteiger charge is 2.24. The number of halogens is 2. The smallest absolute Gasteiger partial charge is 0.339 e. The molecule has 0 bridgehead atoms. The van der Waals surface area contributed by atoms with Crippen molar-refractivity contribution < 1.29 is 28.2 Å². The van der Waals surface area contributed by atoms with Gasteiger partial charge < -0.3 is 9.47 Å². The first kappa shape index (κ1) is 24.8. The van der Waals surface area contributed by atoms with Crippen LogP contribution in [0.2, 0.25) is 5.02 Å². The van der Waals surface area contributed by atoms with Gasteiger partial charge in [-0.05, 0) is 55.4 Å². The van der Waals surface area contributed by atoms with E-state index in [1.807, 2.05) is 0 Å². The third kappa shape index (κ3) is 7.35. The Balaban J connectivity index is 1.35. The zero-order valence-corrected chi connectivity index (χ0v) is 19.3. The number of esters is 1. The molecule has 1 aromatic heterocycles. The van der Waals surface area contributed by atoms with Gasteiger partial charge in [-0.3, -0.25) is 14.6 Å². The van der Waals surface area contributed by atoms with Crippen LogP contribution in [0.15, 0.2) is 36.5 Å². The average molecular weight is 476 g/mol. The second-order valence-corrected chi connectivity index (χ2v) is 8.79. The first-order chi connectivity index (χ1) is 15.9. The summed E-state index contributed by atoms with van der Waals surface area (Å²) in [5, 5.41) is 0.0138. The third-order valence-corrected chi connectivity index (χ3v) is 6.33. The summed E-state index contributed by atoms with van der Waals surface area (Å²) in [5.41, 5.74) is 0.662. The van der Waals surface area contributed by atoms with E-state index in [-0.39, 0.29) is 28.9 Å². The Morgan fingerprint density at radius 2 is 1.82 bits per heavy atom. The molecule has 1 aliphatic carbocycles. The highest BCUT2D eigenvalue weighted by atomic mass is 35.5. The number of methoxy groups -OCH3 is 1. The number of carbonyl (C=O) groups is 3. The zero-order chi connectivity index (χ0) is 23.8. The molecule has 0 spiro atoms. The van der Waals surface area contributed by atoms with Crippen LogP contribution in [0.25, 0.3) is 0 Å². The number of nitrogens with zero attached hydrogens (tertiary/aromatic N) is 1. The van der Waals surface area contributed by atoms with Gasteiger partial charge in [-0.1, -0.05) is 24.4 Å². The molecule has 6 nitrogen and oxygen atoms in total. The van der Waals surface area contributed by atoms with E-state index >= 15 is 0 Å². The number of hydrogen-bond acceptors (Lipinski definition) is 6. The predicted octanol–water partition coefficient (Wildman–Crippen LogP) is 5.47. The first-order valence-corrected chi connectivity index (χ1v) is 11.4. The van der Waals surface area contributed by atoms with Crippen molar-refractivity contribution in [2.75, 3.05) is 13.7 Å². The van der Waals surface area contributed by atoms with Gasteiger partial charge in [-0.25, -0.2) is 9.18 Å². The number of pyridine rings is 1. The largest absolute Gasteiger partial charge is 0.486 e. The minimum absolute atomic E-state index is 0.00883. The molecule has 8 heteroatoms. The number of carbonyl (C=O) groups excluding carboxylic acids is 3. The summed E-state index contributed by atoms with van der Waals surface area (Å²) in [4.78, 5) is 40.2. The molecule has 0 saturated heterocycles. The Labute approximate surface area is 197 Å². The lowest BCUT2D eigenvalue weighted by atomic mass is 9.78. The van der Waals surface area contributed by atoms with Crippen LogP contribution in [0.1, 0.15) is 65.8 Å². The van der Waals surface area contributed by atoms with Crippen LogP contribution in [0, 0.1) is 17.7 Å². The van der Waals surface area contributed by atoms with E-state index in [9.17, 15) is 18.8 Å². The molecule has 1 saturated carbocycles. The van der Waals surface area contributed by atoms with Crippen molar-refractivity contribution in [3.63, 3.8) is 0 Å². The van der Waals surface area contributed by atoms with Gasteiger partial charge in [0, 0.05) is 25.1 Å². The van der Waals surface area contributed by atoms with Gasteiger partial charge in [-0.2, -0.15) is 0 Å². The lowest BCUT2D eigenvalue weighted by molar-refractivity contribution is -0.122. The van der Waals surface area contributed by atoms with E-state index in [1.54, 1.807) is 12.1 Å². The van der Waals surface area contributed by atoms with Gasteiger partial charge in [0.05, 0.1) is 17.7 Å². The monoisotopic (exact) mass is 475 g/mol. The summed E-state index contributed by atoms with van der Waals surface area (Å²) in [6.07, 6.45) is 6.81. The predicted molar refractivity (Wildman–Crippen MR) is 121 cm³/mol. The van der Waals surface area contributed by atoms with E-state index in [1.165, 1.54) is 31.5 Å². The molecule has 0 N–H and O–H groups in total.